The number of nitrogens with one attached hydrogen (secondary N) is 1. The van der Waals surface area contributed by atoms with Gasteiger partial charge in [0.25, 0.3) is 0 Å². The van der Waals surface area contributed by atoms with E-state index in [9.17, 15) is 0 Å². The van der Waals surface area contributed by atoms with Crippen LogP contribution in [0.5, 0.6) is 5.75 Å². The van der Waals surface area contributed by atoms with Crippen molar-refractivity contribution in [2.45, 2.75) is 6.54 Å². The van der Waals surface area contributed by atoms with Crippen molar-refractivity contribution in [3.05, 3.63) is 36.9 Å². The van der Waals surface area contributed by atoms with Crippen molar-refractivity contribution in [3.8, 4) is 5.75 Å². The fourth-order valence-corrected chi connectivity index (χ4v) is 0.900. The molecule has 1 aromatic rings. The summed E-state index contributed by atoms with van der Waals surface area (Å²) in [7, 11) is 6.81. The Bertz CT molecular complexity index is 223. The summed E-state index contributed by atoms with van der Waals surface area (Å²) in [6, 6.07) is 7.77. The summed E-state index contributed by atoms with van der Waals surface area (Å²) in [5.74, 6) is 0.859. The molecule has 0 unspecified atom stereocenters. The van der Waals surface area contributed by atoms with Gasteiger partial charge in [-0.3, -0.25) is 0 Å². The van der Waals surface area contributed by atoms with E-state index in [-0.39, 0.29) is 0 Å². The van der Waals surface area contributed by atoms with Crippen LogP contribution < -0.4 is 10.1 Å². The molecule has 11 heavy (non-hydrogen) atoms. The minimum Gasteiger partial charge on any atom is -0.497 e. The lowest BCUT2D eigenvalue weighted by atomic mass is 10.2. The Kier molecular flexibility index (Phi) is 2.93. The molecule has 2 heteroatoms. The maximum absolute atomic E-state index is 5.16. The lowest BCUT2D eigenvalue weighted by Crippen LogP contribution is -2.01. The van der Waals surface area contributed by atoms with E-state index in [2.05, 4.69) is 5.32 Å². The molecule has 1 aromatic carbocycles. The molecule has 0 aliphatic heterocycles. The maximum Gasteiger partial charge on any atom is 0.119 e. The molecule has 0 atom stereocenters. The first-order chi connectivity index (χ1) is 5.36. The minimum absolute atomic E-state index is 0.664. The van der Waals surface area contributed by atoms with Crippen molar-refractivity contribution in [1.82, 2.24) is 5.32 Å². The lowest BCUT2D eigenvalue weighted by molar-refractivity contribution is 0.414. The first-order valence-corrected chi connectivity index (χ1v) is 3.43. The molecule has 0 heterocycles. The first-order valence-electron chi connectivity index (χ1n) is 3.43. The maximum atomic E-state index is 5.16. The lowest BCUT2D eigenvalue weighted by Gasteiger charge is -2.02. The smallest absolute Gasteiger partial charge is 0.119 e. The van der Waals surface area contributed by atoms with Gasteiger partial charge < -0.3 is 10.1 Å². The summed E-state index contributed by atoms with van der Waals surface area (Å²) >= 11 is 0. The molecule has 0 aliphatic carbocycles. The fourth-order valence-electron chi connectivity index (χ4n) is 0.900. The predicted octanol–water partition coefficient (Wildman–Crippen LogP) is 1.45. The molecule has 2 nitrogen and oxygen atoms in total. The van der Waals surface area contributed by atoms with Crippen LogP contribution in [0.1, 0.15) is 5.56 Å². The third kappa shape index (κ3) is 2.24. The Morgan fingerprint density at radius 1 is 1.55 bits per heavy atom. The van der Waals surface area contributed by atoms with Gasteiger partial charge in [0, 0.05) is 13.6 Å². The second-order valence-corrected chi connectivity index (χ2v) is 2.23. The topological polar surface area (TPSA) is 21.3 Å². The van der Waals surface area contributed by atoms with Gasteiger partial charge in [-0.25, -0.2) is 0 Å². The summed E-state index contributed by atoms with van der Waals surface area (Å²) < 4.78 is 5.03. The Balaban J connectivity index is 2.74. The summed E-state index contributed by atoms with van der Waals surface area (Å²) in [5.41, 5.74) is 1.12. The van der Waals surface area contributed by atoms with Gasteiger partial charge in [0.15, 0.2) is 0 Å². The molecular formula is C9H11NO. The summed E-state index contributed by atoms with van der Waals surface area (Å²) in [4.78, 5) is 0. The zero-order valence-corrected chi connectivity index (χ0v) is 6.50. The number of ether oxygens (including phenoxy) is 1. The van der Waals surface area contributed by atoms with Gasteiger partial charge in [0.05, 0.1) is 7.11 Å². The van der Waals surface area contributed by atoms with E-state index in [0.717, 1.165) is 11.3 Å². The fraction of sp³-hybridized carbons (Fsp3) is 0.222. The SMILES string of the molecule is [CH]NCc1cccc(OC)c1. The standard InChI is InChI=1S/C9H11NO/c1-10-7-8-4-3-5-9(6-8)11-2/h1,3-6,10H,7H2,2H3. The Morgan fingerprint density at radius 3 is 3.00 bits per heavy atom. The average Bonchev–Trinajstić information content (AvgIpc) is 2.06. The van der Waals surface area contributed by atoms with Crippen LogP contribution in [0.15, 0.2) is 24.3 Å². The second kappa shape index (κ2) is 3.98. The van der Waals surface area contributed by atoms with Crippen LogP contribution >= 0.6 is 0 Å². The number of benzene rings is 1. The summed E-state index contributed by atoms with van der Waals surface area (Å²) in [6.07, 6.45) is 0. The van der Waals surface area contributed by atoms with Crippen LogP contribution in [-0.4, -0.2) is 7.11 Å². The van der Waals surface area contributed by atoms with E-state index in [4.69, 9.17) is 11.8 Å². The van der Waals surface area contributed by atoms with Gasteiger partial charge in [-0.1, -0.05) is 12.1 Å². The second-order valence-electron chi connectivity index (χ2n) is 2.23. The van der Waals surface area contributed by atoms with Gasteiger partial charge >= 0.3 is 0 Å². The molecular weight excluding hydrogens is 138 g/mol. The van der Waals surface area contributed by atoms with Gasteiger partial charge in [0.1, 0.15) is 5.75 Å². The Hall–Kier alpha value is -1.02. The molecule has 1 rings (SSSR count). The Morgan fingerprint density at radius 2 is 2.36 bits per heavy atom. The highest BCUT2D eigenvalue weighted by Crippen LogP contribution is 2.11. The highest BCUT2D eigenvalue weighted by Gasteiger charge is 1.92. The van der Waals surface area contributed by atoms with Crippen molar-refractivity contribution in [2.24, 2.45) is 0 Å². The summed E-state index contributed by atoms with van der Waals surface area (Å²) in [6.45, 7) is 0.664. The van der Waals surface area contributed by atoms with Gasteiger partial charge in [0.2, 0.25) is 0 Å². The van der Waals surface area contributed by atoms with Crippen molar-refractivity contribution in [3.63, 3.8) is 0 Å². The van der Waals surface area contributed by atoms with Gasteiger partial charge in [-0.05, 0) is 17.7 Å². The highest BCUT2D eigenvalue weighted by molar-refractivity contribution is 5.28. The number of methoxy groups -OCH3 is 1. The molecule has 0 spiro atoms. The van der Waals surface area contributed by atoms with E-state index in [1.807, 2.05) is 24.3 Å². The molecule has 0 amide bonds. The van der Waals surface area contributed by atoms with E-state index >= 15 is 0 Å². The number of hydrogen-bond acceptors (Lipinski definition) is 2. The van der Waals surface area contributed by atoms with E-state index in [1.165, 1.54) is 0 Å². The average molecular weight is 149 g/mol. The molecule has 0 saturated carbocycles. The highest BCUT2D eigenvalue weighted by atomic mass is 16.5. The van der Waals surface area contributed by atoms with Gasteiger partial charge in [-0.2, -0.15) is 0 Å². The molecule has 0 bridgehead atoms. The van der Waals surface area contributed by atoms with Crippen LogP contribution in [0.2, 0.25) is 0 Å². The Labute approximate surface area is 67.2 Å². The third-order valence-electron chi connectivity index (χ3n) is 1.44. The van der Waals surface area contributed by atoms with Gasteiger partial charge in [-0.15, -0.1) is 0 Å². The molecule has 0 fully saturated rings. The monoisotopic (exact) mass is 149 g/mol. The summed E-state index contributed by atoms with van der Waals surface area (Å²) in [5, 5.41) is 2.58. The van der Waals surface area contributed by atoms with Crippen LogP contribution in [0.3, 0.4) is 0 Å². The largest absolute Gasteiger partial charge is 0.497 e. The van der Waals surface area contributed by atoms with E-state index in [0.29, 0.717) is 6.54 Å². The van der Waals surface area contributed by atoms with E-state index < -0.39 is 0 Å². The number of rotatable bonds is 3. The third-order valence-corrected chi connectivity index (χ3v) is 1.44. The molecule has 1 N–H and O–H groups in total. The van der Waals surface area contributed by atoms with Crippen LogP contribution in [0.4, 0.5) is 0 Å². The molecule has 58 valence electrons. The van der Waals surface area contributed by atoms with E-state index in [1.54, 1.807) is 7.11 Å². The van der Waals surface area contributed by atoms with Crippen molar-refractivity contribution in [2.75, 3.05) is 7.11 Å². The quantitative estimate of drug-likeness (QED) is 0.657. The number of hydrogen-bond donors (Lipinski definition) is 1. The molecule has 0 aliphatic rings. The van der Waals surface area contributed by atoms with Crippen LogP contribution in [0.25, 0.3) is 0 Å². The van der Waals surface area contributed by atoms with Crippen LogP contribution in [0, 0.1) is 7.05 Å². The minimum atomic E-state index is 0.664. The normalized spacial score (nSPS) is 9.64. The predicted molar refractivity (Wildman–Crippen MR) is 44.1 cm³/mol. The van der Waals surface area contributed by atoms with Crippen molar-refractivity contribution < 1.29 is 4.74 Å². The molecule has 0 aromatic heterocycles. The zero-order valence-electron chi connectivity index (χ0n) is 6.50. The van der Waals surface area contributed by atoms with Crippen molar-refractivity contribution >= 4 is 0 Å². The zero-order chi connectivity index (χ0) is 8.10. The molecule has 0 saturated heterocycles. The van der Waals surface area contributed by atoms with Crippen LogP contribution in [-0.2, 0) is 6.54 Å². The van der Waals surface area contributed by atoms with Crippen molar-refractivity contribution in [1.29, 1.82) is 0 Å². The molecule has 2 radical (unpaired) electrons. The first kappa shape index (κ1) is 8.08.